The number of aryl methyl sites for hydroxylation is 4. The highest BCUT2D eigenvalue weighted by atomic mass is 32.2. The highest BCUT2D eigenvalue weighted by Crippen LogP contribution is 2.22. The van der Waals surface area contributed by atoms with E-state index in [9.17, 15) is 13.2 Å². The van der Waals surface area contributed by atoms with Crippen molar-refractivity contribution in [2.75, 3.05) is 17.9 Å². The van der Waals surface area contributed by atoms with Crippen LogP contribution in [-0.4, -0.2) is 27.5 Å². The van der Waals surface area contributed by atoms with E-state index in [-0.39, 0.29) is 16.4 Å². The molecule has 0 atom stereocenters. The van der Waals surface area contributed by atoms with Crippen molar-refractivity contribution in [3.63, 3.8) is 0 Å². The first-order valence-corrected chi connectivity index (χ1v) is 11.8. The van der Waals surface area contributed by atoms with Gasteiger partial charge in [-0.3, -0.25) is 9.52 Å². The molecule has 0 bridgehead atoms. The van der Waals surface area contributed by atoms with Crippen LogP contribution in [0.1, 0.15) is 32.6 Å². The van der Waals surface area contributed by atoms with Crippen LogP contribution in [0.15, 0.2) is 65.6 Å². The summed E-state index contributed by atoms with van der Waals surface area (Å²) in [5, 5.41) is 2.78. The third-order valence-electron chi connectivity index (χ3n) is 5.00. The van der Waals surface area contributed by atoms with E-state index >= 15 is 0 Å². The van der Waals surface area contributed by atoms with Crippen molar-refractivity contribution in [2.45, 2.75) is 32.6 Å². The molecule has 6 nitrogen and oxygen atoms in total. The maximum absolute atomic E-state index is 12.9. The van der Waals surface area contributed by atoms with Crippen LogP contribution < -0.4 is 14.8 Å². The number of carbonyl (C=O) groups is 1. The van der Waals surface area contributed by atoms with Gasteiger partial charge in [-0.25, -0.2) is 8.42 Å². The molecule has 3 rings (SSSR count). The minimum absolute atomic E-state index is 0.0679. The van der Waals surface area contributed by atoms with Crippen molar-refractivity contribution >= 4 is 21.6 Å². The fourth-order valence-corrected chi connectivity index (χ4v) is 4.56. The summed E-state index contributed by atoms with van der Waals surface area (Å²) in [5.41, 5.74) is 4.37. The highest BCUT2D eigenvalue weighted by molar-refractivity contribution is 7.92. The molecule has 7 heteroatoms. The smallest absolute Gasteiger partial charge is 0.262 e. The second-order valence-electron chi connectivity index (χ2n) is 7.83. The molecule has 0 aliphatic rings. The van der Waals surface area contributed by atoms with Gasteiger partial charge in [0.25, 0.3) is 15.9 Å². The summed E-state index contributed by atoms with van der Waals surface area (Å²) < 4.78 is 34.2. The first-order chi connectivity index (χ1) is 15.2. The lowest BCUT2D eigenvalue weighted by molar-refractivity contribution is 0.0946. The molecular formula is C25H28N2O4S. The van der Waals surface area contributed by atoms with E-state index in [1.807, 2.05) is 45.0 Å². The summed E-state index contributed by atoms with van der Waals surface area (Å²) in [4.78, 5) is 12.7. The molecule has 0 aliphatic carbocycles. The number of hydrogen-bond donors (Lipinski definition) is 2. The minimum atomic E-state index is -3.84. The average molecular weight is 453 g/mol. The second-order valence-corrected chi connectivity index (χ2v) is 9.48. The van der Waals surface area contributed by atoms with Gasteiger partial charge in [0.05, 0.1) is 11.4 Å². The normalized spacial score (nSPS) is 11.1. The zero-order valence-corrected chi connectivity index (χ0v) is 19.5. The fraction of sp³-hybridized carbons (Fsp3) is 0.240. The van der Waals surface area contributed by atoms with Crippen molar-refractivity contribution in [1.82, 2.24) is 5.32 Å². The quantitative estimate of drug-likeness (QED) is 0.492. The molecule has 2 N–H and O–H groups in total. The van der Waals surface area contributed by atoms with Gasteiger partial charge in [-0.15, -0.1) is 0 Å². The Labute approximate surface area is 189 Å². The molecule has 0 spiro atoms. The zero-order chi connectivity index (χ0) is 23.3. The number of benzene rings is 3. The third-order valence-corrected chi connectivity index (χ3v) is 6.52. The van der Waals surface area contributed by atoms with Crippen LogP contribution in [0.5, 0.6) is 5.75 Å². The Balaban J connectivity index is 1.66. The molecule has 0 radical (unpaired) electrons. The summed E-state index contributed by atoms with van der Waals surface area (Å²) >= 11 is 0. The summed E-state index contributed by atoms with van der Waals surface area (Å²) in [5.74, 6) is 0.423. The summed E-state index contributed by atoms with van der Waals surface area (Å²) in [6.45, 7) is 8.14. The Morgan fingerprint density at radius 1 is 0.875 bits per heavy atom. The van der Waals surface area contributed by atoms with E-state index in [1.165, 1.54) is 6.07 Å². The Morgan fingerprint density at radius 3 is 2.34 bits per heavy atom. The Morgan fingerprint density at radius 2 is 1.59 bits per heavy atom. The van der Waals surface area contributed by atoms with Gasteiger partial charge in [0.2, 0.25) is 0 Å². The number of sulfonamides is 1. The van der Waals surface area contributed by atoms with Crippen LogP contribution in [0.4, 0.5) is 5.69 Å². The topological polar surface area (TPSA) is 84.5 Å². The third kappa shape index (κ3) is 5.88. The predicted octanol–water partition coefficient (Wildman–Crippen LogP) is 4.53. The molecule has 1 amide bonds. The number of carbonyl (C=O) groups excluding carboxylic acids is 1. The van der Waals surface area contributed by atoms with Crippen LogP contribution in [0.2, 0.25) is 0 Å². The van der Waals surface area contributed by atoms with E-state index in [0.717, 1.165) is 22.4 Å². The molecule has 0 aliphatic heterocycles. The molecule has 0 fully saturated rings. The number of hydrogen-bond acceptors (Lipinski definition) is 4. The molecule has 32 heavy (non-hydrogen) atoms. The lowest BCUT2D eigenvalue weighted by Crippen LogP contribution is -2.28. The summed E-state index contributed by atoms with van der Waals surface area (Å²) in [6, 6.07) is 17.7. The first kappa shape index (κ1) is 23.3. The Kier molecular flexibility index (Phi) is 7.20. The molecule has 0 aromatic heterocycles. The van der Waals surface area contributed by atoms with Crippen molar-refractivity contribution in [1.29, 1.82) is 0 Å². The Hall–Kier alpha value is -3.32. The van der Waals surface area contributed by atoms with Crippen LogP contribution >= 0.6 is 0 Å². The van der Waals surface area contributed by atoms with Gasteiger partial charge in [-0.2, -0.15) is 0 Å². The monoisotopic (exact) mass is 452 g/mol. The second kappa shape index (κ2) is 9.87. The number of amides is 1. The van der Waals surface area contributed by atoms with E-state index in [0.29, 0.717) is 24.4 Å². The van der Waals surface area contributed by atoms with Crippen LogP contribution in [-0.2, 0) is 10.0 Å². The standard InChI is InChI=1S/C25H28N2O4S/c1-17-6-5-7-22(14-17)27-32(29,30)24-16-21(11-10-20(24)4)25(28)26-12-13-31-23-15-18(2)8-9-19(23)3/h5-11,14-16,27H,12-13H2,1-4H3,(H,26,28). The van der Waals surface area contributed by atoms with Gasteiger partial charge in [0.15, 0.2) is 0 Å². The summed E-state index contributed by atoms with van der Waals surface area (Å²) in [7, 11) is -3.84. The Bertz CT molecular complexity index is 1240. The van der Waals surface area contributed by atoms with Crippen molar-refractivity contribution in [3.8, 4) is 5.75 Å². The van der Waals surface area contributed by atoms with Crippen LogP contribution in [0.3, 0.4) is 0 Å². The van der Waals surface area contributed by atoms with Gasteiger partial charge >= 0.3 is 0 Å². The molecular weight excluding hydrogens is 424 g/mol. The molecule has 3 aromatic carbocycles. The van der Waals surface area contributed by atoms with E-state index in [2.05, 4.69) is 10.0 Å². The largest absolute Gasteiger partial charge is 0.491 e. The predicted molar refractivity (Wildman–Crippen MR) is 127 cm³/mol. The lowest BCUT2D eigenvalue weighted by atomic mass is 10.1. The first-order valence-electron chi connectivity index (χ1n) is 10.3. The SMILES string of the molecule is Cc1cccc(NS(=O)(=O)c2cc(C(=O)NCCOc3cc(C)ccc3C)ccc2C)c1. The zero-order valence-electron chi connectivity index (χ0n) is 18.7. The van der Waals surface area contributed by atoms with Crippen LogP contribution in [0.25, 0.3) is 0 Å². The van der Waals surface area contributed by atoms with Gasteiger partial charge in [0, 0.05) is 11.3 Å². The fourth-order valence-electron chi connectivity index (χ4n) is 3.24. The molecule has 0 saturated heterocycles. The summed E-state index contributed by atoms with van der Waals surface area (Å²) in [6.07, 6.45) is 0. The van der Waals surface area contributed by atoms with E-state index in [1.54, 1.807) is 37.3 Å². The number of anilines is 1. The highest BCUT2D eigenvalue weighted by Gasteiger charge is 2.19. The van der Waals surface area contributed by atoms with Gasteiger partial charge in [0.1, 0.15) is 12.4 Å². The van der Waals surface area contributed by atoms with Crippen molar-refractivity contribution in [3.05, 3.63) is 88.5 Å². The van der Waals surface area contributed by atoms with Gasteiger partial charge < -0.3 is 10.1 Å². The average Bonchev–Trinajstić information content (AvgIpc) is 2.73. The molecule has 0 heterocycles. The molecule has 0 saturated carbocycles. The maximum atomic E-state index is 12.9. The van der Waals surface area contributed by atoms with E-state index < -0.39 is 10.0 Å². The van der Waals surface area contributed by atoms with Crippen molar-refractivity contribution < 1.29 is 17.9 Å². The number of rotatable bonds is 8. The minimum Gasteiger partial charge on any atom is -0.491 e. The van der Waals surface area contributed by atoms with Crippen molar-refractivity contribution in [2.24, 2.45) is 0 Å². The number of nitrogens with one attached hydrogen (secondary N) is 2. The maximum Gasteiger partial charge on any atom is 0.262 e. The molecule has 3 aromatic rings. The number of ether oxygens (including phenoxy) is 1. The molecule has 168 valence electrons. The van der Waals surface area contributed by atoms with Gasteiger partial charge in [-0.1, -0.05) is 30.3 Å². The lowest BCUT2D eigenvalue weighted by Gasteiger charge is -2.13. The molecule has 0 unspecified atom stereocenters. The van der Waals surface area contributed by atoms with Gasteiger partial charge in [-0.05, 0) is 80.3 Å². The van der Waals surface area contributed by atoms with E-state index in [4.69, 9.17) is 4.74 Å². The van der Waals surface area contributed by atoms with Crippen LogP contribution in [0, 0.1) is 27.7 Å².